The second-order valence-corrected chi connectivity index (χ2v) is 6.93. The highest BCUT2D eigenvalue weighted by Gasteiger charge is 2.45. The lowest BCUT2D eigenvalue weighted by Crippen LogP contribution is -2.32. The summed E-state index contributed by atoms with van der Waals surface area (Å²) in [6.07, 6.45) is 0. The summed E-state index contributed by atoms with van der Waals surface area (Å²) >= 11 is 6.03. The van der Waals surface area contributed by atoms with Gasteiger partial charge in [0, 0.05) is 24.2 Å². The van der Waals surface area contributed by atoms with E-state index in [4.69, 9.17) is 21.1 Å². The number of rotatable bonds is 7. The van der Waals surface area contributed by atoms with Crippen molar-refractivity contribution in [2.24, 2.45) is 0 Å². The lowest BCUT2D eigenvalue weighted by Gasteiger charge is -2.25. The molecule has 1 aliphatic rings. The number of methoxy groups -OCH3 is 1. The van der Waals surface area contributed by atoms with Crippen molar-refractivity contribution in [2.45, 2.75) is 13.0 Å². The number of Topliss-reactive ketones (excluding diaryl/α,β-unsaturated/α-hetero) is 1. The van der Waals surface area contributed by atoms with E-state index in [1.165, 1.54) is 12.0 Å². The Bertz CT molecular complexity index is 938. The zero-order valence-corrected chi connectivity index (χ0v) is 17.0. The fourth-order valence-electron chi connectivity index (χ4n) is 3.35. The van der Waals surface area contributed by atoms with Gasteiger partial charge in [-0.15, -0.1) is 0 Å². The molecule has 1 aliphatic heterocycles. The van der Waals surface area contributed by atoms with Gasteiger partial charge in [0.05, 0.1) is 24.8 Å². The zero-order valence-electron chi connectivity index (χ0n) is 16.2. The number of aliphatic hydroxyl groups excluding tert-OH is 1. The number of amides is 1. The summed E-state index contributed by atoms with van der Waals surface area (Å²) in [4.78, 5) is 26.9. The molecule has 2 aromatic carbocycles. The molecule has 1 heterocycles. The molecule has 1 amide bonds. The highest BCUT2D eigenvalue weighted by molar-refractivity contribution is 6.46. The van der Waals surface area contributed by atoms with Crippen LogP contribution < -0.4 is 4.74 Å². The van der Waals surface area contributed by atoms with Crippen LogP contribution in [0.1, 0.15) is 24.1 Å². The highest BCUT2D eigenvalue weighted by Crippen LogP contribution is 2.39. The number of carbonyl (C=O) groups excluding carboxylic acids is 2. The van der Waals surface area contributed by atoms with Crippen molar-refractivity contribution in [3.8, 4) is 5.75 Å². The van der Waals surface area contributed by atoms with Gasteiger partial charge in [-0.2, -0.15) is 0 Å². The summed E-state index contributed by atoms with van der Waals surface area (Å²) in [5.74, 6) is -0.994. The Morgan fingerprint density at radius 3 is 2.52 bits per heavy atom. The molecular formula is C22H22ClNO5. The van der Waals surface area contributed by atoms with Crippen molar-refractivity contribution in [2.75, 3.05) is 26.9 Å². The number of ketones is 1. The summed E-state index contributed by atoms with van der Waals surface area (Å²) in [6, 6.07) is 12.9. The first-order chi connectivity index (χ1) is 14.0. The average molecular weight is 416 g/mol. The molecule has 1 fully saturated rings. The van der Waals surface area contributed by atoms with Crippen LogP contribution in [-0.2, 0) is 14.3 Å². The monoisotopic (exact) mass is 415 g/mol. The number of hydrogen-bond acceptors (Lipinski definition) is 5. The van der Waals surface area contributed by atoms with Gasteiger partial charge in [0.1, 0.15) is 11.5 Å². The van der Waals surface area contributed by atoms with Crippen molar-refractivity contribution in [3.63, 3.8) is 0 Å². The van der Waals surface area contributed by atoms with Gasteiger partial charge in [0.2, 0.25) is 0 Å². The molecule has 2 aromatic rings. The number of hydrogen-bond donors (Lipinski definition) is 1. The molecule has 0 bridgehead atoms. The number of carbonyl (C=O) groups is 2. The summed E-state index contributed by atoms with van der Waals surface area (Å²) < 4.78 is 10.6. The third-order valence-electron chi connectivity index (χ3n) is 4.68. The Balaban J connectivity index is 2.12. The fraction of sp³-hybridized carbons (Fsp3) is 0.273. The topological polar surface area (TPSA) is 76.1 Å². The van der Waals surface area contributed by atoms with Gasteiger partial charge < -0.3 is 19.5 Å². The zero-order chi connectivity index (χ0) is 21.0. The van der Waals surface area contributed by atoms with Crippen LogP contribution in [0.2, 0.25) is 5.02 Å². The third kappa shape index (κ3) is 4.28. The predicted octanol–water partition coefficient (Wildman–Crippen LogP) is 3.81. The molecule has 1 saturated heterocycles. The van der Waals surface area contributed by atoms with E-state index in [-0.39, 0.29) is 24.5 Å². The molecule has 152 valence electrons. The minimum atomic E-state index is -0.738. The summed E-state index contributed by atoms with van der Waals surface area (Å²) in [7, 11) is 1.52. The van der Waals surface area contributed by atoms with E-state index in [2.05, 4.69) is 0 Å². The molecule has 3 rings (SSSR count). The quantitative estimate of drug-likeness (QED) is 0.423. The molecule has 29 heavy (non-hydrogen) atoms. The van der Waals surface area contributed by atoms with E-state index in [0.29, 0.717) is 28.5 Å². The summed E-state index contributed by atoms with van der Waals surface area (Å²) in [5.41, 5.74) is 1.09. The number of ether oxygens (including phenoxy) is 2. The predicted molar refractivity (Wildman–Crippen MR) is 110 cm³/mol. The van der Waals surface area contributed by atoms with Gasteiger partial charge in [0.25, 0.3) is 11.7 Å². The smallest absolute Gasteiger partial charge is 0.295 e. The number of halogens is 1. The Hall–Kier alpha value is -2.83. The van der Waals surface area contributed by atoms with Crippen LogP contribution >= 0.6 is 11.6 Å². The van der Waals surface area contributed by atoms with Crippen LogP contribution in [0.15, 0.2) is 54.1 Å². The lowest BCUT2D eigenvalue weighted by molar-refractivity contribution is -0.140. The second kappa shape index (κ2) is 9.11. The van der Waals surface area contributed by atoms with Crippen molar-refractivity contribution in [3.05, 3.63) is 70.3 Å². The minimum Gasteiger partial charge on any atom is -0.507 e. The Morgan fingerprint density at radius 1 is 1.17 bits per heavy atom. The Kier molecular flexibility index (Phi) is 6.56. The van der Waals surface area contributed by atoms with Crippen LogP contribution in [0, 0.1) is 0 Å². The molecule has 0 radical (unpaired) electrons. The van der Waals surface area contributed by atoms with Crippen LogP contribution in [0.4, 0.5) is 0 Å². The second-order valence-electron chi connectivity index (χ2n) is 6.50. The number of benzene rings is 2. The number of nitrogens with zero attached hydrogens (tertiary/aromatic N) is 1. The molecule has 1 atom stereocenters. The largest absolute Gasteiger partial charge is 0.507 e. The minimum absolute atomic E-state index is 0.0255. The molecular weight excluding hydrogens is 394 g/mol. The van der Waals surface area contributed by atoms with Crippen molar-refractivity contribution < 1.29 is 24.2 Å². The first kappa shape index (κ1) is 20.9. The first-order valence-electron chi connectivity index (χ1n) is 9.24. The van der Waals surface area contributed by atoms with Gasteiger partial charge in [-0.05, 0) is 36.8 Å². The molecule has 6 nitrogen and oxygen atoms in total. The number of likely N-dealkylation sites (tertiary alicyclic amines) is 1. The molecule has 0 spiro atoms. The van der Waals surface area contributed by atoms with Gasteiger partial charge in [-0.3, -0.25) is 9.59 Å². The number of aliphatic hydroxyl groups is 1. The SMILES string of the molecule is CCOc1ccc(C2/C(=C(/O)c3cccc(Cl)c3)C(=O)C(=O)N2CCOC)cc1. The van der Waals surface area contributed by atoms with E-state index < -0.39 is 17.7 Å². The van der Waals surface area contributed by atoms with Gasteiger partial charge in [0.15, 0.2) is 0 Å². The Morgan fingerprint density at radius 2 is 1.90 bits per heavy atom. The van der Waals surface area contributed by atoms with Gasteiger partial charge >= 0.3 is 0 Å². The maximum absolute atomic E-state index is 12.8. The molecule has 0 aliphatic carbocycles. The Labute approximate surface area is 174 Å². The van der Waals surface area contributed by atoms with E-state index in [9.17, 15) is 14.7 Å². The summed E-state index contributed by atoms with van der Waals surface area (Å²) in [5, 5.41) is 11.3. The van der Waals surface area contributed by atoms with Crippen LogP contribution in [0.3, 0.4) is 0 Å². The fourth-order valence-corrected chi connectivity index (χ4v) is 3.54. The van der Waals surface area contributed by atoms with Crippen molar-refractivity contribution >= 4 is 29.1 Å². The average Bonchev–Trinajstić information content (AvgIpc) is 2.97. The van der Waals surface area contributed by atoms with Gasteiger partial charge in [-0.1, -0.05) is 35.9 Å². The van der Waals surface area contributed by atoms with E-state index in [1.807, 2.05) is 6.92 Å². The lowest BCUT2D eigenvalue weighted by atomic mass is 9.95. The van der Waals surface area contributed by atoms with Crippen LogP contribution in [-0.4, -0.2) is 48.6 Å². The van der Waals surface area contributed by atoms with Crippen LogP contribution in [0.25, 0.3) is 5.76 Å². The van der Waals surface area contributed by atoms with E-state index in [1.54, 1.807) is 48.5 Å². The van der Waals surface area contributed by atoms with Crippen LogP contribution in [0.5, 0.6) is 5.75 Å². The highest BCUT2D eigenvalue weighted by atomic mass is 35.5. The molecule has 0 saturated carbocycles. The maximum atomic E-state index is 12.8. The molecule has 1 N–H and O–H groups in total. The standard InChI is InChI=1S/C22H22ClNO5/c1-3-29-17-9-7-14(8-10-17)19-18(20(25)15-5-4-6-16(23)13-15)21(26)22(27)24(19)11-12-28-2/h4-10,13,19,25H,3,11-12H2,1-2H3/b20-18-. The molecule has 0 aromatic heterocycles. The van der Waals surface area contributed by atoms with Gasteiger partial charge in [-0.25, -0.2) is 0 Å². The summed E-state index contributed by atoms with van der Waals surface area (Å²) in [6.45, 7) is 2.89. The maximum Gasteiger partial charge on any atom is 0.295 e. The van der Waals surface area contributed by atoms with E-state index in [0.717, 1.165) is 0 Å². The first-order valence-corrected chi connectivity index (χ1v) is 9.61. The van der Waals surface area contributed by atoms with Crippen molar-refractivity contribution in [1.82, 2.24) is 4.90 Å². The molecule has 7 heteroatoms. The molecule has 1 unspecified atom stereocenters. The van der Waals surface area contributed by atoms with Crippen molar-refractivity contribution in [1.29, 1.82) is 0 Å². The normalized spacial score (nSPS) is 18.3. The van der Waals surface area contributed by atoms with E-state index >= 15 is 0 Å². The third-order valence-corrected chi connectivity index (χ3v) is 4.92.